The maximum absolute atomic E-state index is 6.63. The van der Waals surface area contributed by atoms with Gasteiger partial charge in [-0.25, -0.2) is 0 Å². The van der Waals surface area contributed by atoms with Crippen LogP contribution in [0.2, 0.25) is 0 Å². The third kappa shape index (κ3) is 7.03. The van der Waals surface area contributed by atoms with E-state index in [2.05, 4.69) is 59.6 Å². The van der Waals surface area contributed by atoms with Crippen LogP contribution in [0.4, 0.5) is 0 Å². The van der Waals surface area contributed by atoms with Crippen LogP contribution in [-0.2, 0) is 22.5 Å². The van der Waals surface area contributed by atoms with Gasteiger partial charge in [-0.1, -0.05) is 66.7 Å². The van der Waals surface area contributed by atoms with Crippen molar-refractivity contribution < 1.29 is 9.47 Å². The molecule has 6 heteroatoms. The molecule has 1 unspecified atom stereocenters. The Morgan fingerprint density at radius 2 is 1.71 bits per heavy atom. The number of hydrogen-bond acceptors (Lipinski definition) is 4. The van der Waals surface area contributed by atoms with Crippen LogP contribution < -0.4 is 17.2 Å². The molecule has 0 radical (unpaired) electrons. The van der Waals surface area contributed by atoms with Crippen molar-refractivity contribution in [2.24, 2.45) is 22.2 Å². The molecule has 4 rings (SSSR count). The molecule has 0 amide bonds. The van der Waals surface area contributed by atoms with E-state index >= 15 is 0 Å². The fraction of sp³-hybridized carbons (Fsp3) is 0.393. The molecule has 0 aromatic heterocycles. The van der Waals surface area contributed by atoms with Crippen LogP contribution in [0, 0.1) is 0 Å². The van der Waals surface area contributed by atoms with Gasteiger partial charge in [0.15, 0.2) is 5.96 Å². The average Bonchev–Trinajstić information content (AvgIpc) is 2.85. The highest BCUT2D eigenvalue weighted by atomic mass is 16.5. The van der Waals surface area contributed by atoms with Crippen molar-refractivity contribution in [3.05, 3.63) is 83.9 Å². The van der Waals surface area contributed by atoms with Crippen LogP contribution in [0.1, 0.15) is 36.8 Å². The zero-order valence-electron chi connectivity index (χ0n) is 19.7. The first kappa shape index (κ1) is 24.2. The van der Waals surface area contributed by atoms with E-state index in [1.165, 1.54) is 21.9 Å². The zero-order chi connectivity index (χ0) is 23.8. The molecular weight excluding hydrogens is 424 g/mol. The first-order chi connectivity index (χ1) is 16.6. The topological polar surface area (TPSA) is 109 Å². The second-order valence-corrected chi connectivity index (χ2v) is 9.18. The van der Waals surface area contributed by atoms with Gasteiger partial charge in [-0.2, -0.15) is 0 Å². The number of aliphatic imine (C=N–C) groups is 1. The molecule has 34 heavy (non-hydrogen) atoms. The minimum absolute atomic E-state index is 0.0522. The average molecular weight is 461 g/mol. The van der Waals surface area contributed by atoms with Gasteiger partial charge in [-0.3, -0.25) is 4.99 Å². The Hall–Kier alpha value is -2.93. The lowest BCUT2D eigenvalue weighted by molar-refractivity contribution is -0.127. The molecule has 0 spiro atoms. The smallest absolute Gasteiger partial charge is 0.185 e. The van der Waals surface area contributed by atoms with Gasteiger partial charge < -0.3 is 26.7 Å². The summed E-state index contributed by atoms with van der Waals surface area (Å²) in [4.78, 5) is 4.10. The van der Waals surface area contributed by atoms with Gasteiger partial charge in [0, 0.05) is 19.0 Å². The number of rotatable bonds is 10. The van der Waals surface area contributed by atoms with Crippen molar-refractivity contribution >= 4 is 16.7 Å². The van der Waals surface area contributed by atoms with Gasteiger partial charge in [0.05, 0.1) is 24.9 Å². The minimum Gasteiger partial charge on any atom is -0.373 e. The van der Waals surface area contributed by atoms with Crippen molar-refractivity contribution in [2.45, 2.75) is 63.1 Å². The molecule has 1 fully saturated rings. The number of nitrogens with zero attached hydrogens (tertiary/aromatic N) is 1. The van der Waals surface area contributed by atoms with Gasteiger partial charge in [0.25, 0.3) is 0 Å². The van der Waals surface area contributed by atoms with Crippen molar-refractivity contribution in [1.82, 2.24) is 0 Å². The standard InChI is InChI=1S/C28H36N4O2/c29-26(16-20-7-2-1-3-8-20)27-18-25(17-24(34-27)11-6-14-32-28(30)31)33-19-21-12-13-22-9-4-5-10-23(22)15-21/h1-5,7-10,12-13,15,24-27H,6,11,14,16-19,29H2,(H4,30,31,32)/t24-,25?,26+,27+/m0/s1. The Morgan fingerprint density at radius 1 is 0.941 bits per heavy atom. The van der Waals surface area contributed by atoms with Gasteiger partial charge >= 0.3 is 0 Å². The Morgan fingerprint density at radius 3 is 2.50 bits per heavy atom. The van der Waals surface area contributed by atoms with E-state index in [1.54, 1.807) is 0 Å². The van der Waals surface area contributed by atoms with Crippen LogP contribution in [-0.4, -0.2) is 36.9 Å². The van der Waals surface area contributed by atoms with E-state index in [-0.39, 0.29) is 30.3 Å². The van der Waals surface area contributed by atoms with E-state index < -0.39 is 0 Å². The van der Waals surface area contributed by atoms with Gasteiger partial charge in [-0.15, -0.1) is 0 Å². The third-order valence-electron chi connectivity index (χ3n) is 6.46. The van der Waals surface area contributed by atoms with Crippen LogP contribution in [0.25, 0.3) is 10.8 Å². The van der Waals surface area contributed by atoms with Crippen LogP contribution in [0.3, 0.4) is 0 Å². The second kappa shape index (κ2) is 12.0. The van der Waals surface area contributed by atoms with E-state index in [4.69, 9.17) is 26.7 Å². The Balaban J connectivity index is 1.39. The van der Waals surface area contributed by atoms with Crippen LogP contribution in [0.5, 0.6) is 0 Å². The highest BCUT2D eigenvalue weighted by Gasteiger charge is 2.33. The van der Waals surface area contributed by atoms with E-state index in [9.17, 15) is 0 Å². The monoisotopic (exact) mass is 460 g/mol. The number of nitrogens with two attached hydrogens (primary N) is 3. The molecule has 0 bridgehead atoms. The quantitative estimate of drug-likeness (QED) is 0.242. The number of fused-ring (bicyclic) bond motifs is 1. The molecule has 0 aliphatic carbocycles. The Labute approximate surface area is 202 Å². The summed E-state index contributed by atoms with van der Waals surface area (Å²) in [5.74, 6) is 0.129. The largest absolute Gasteiger partial charge is 0.373 e. The summed E-state index contributed by atoms with van der Waals surface area (Å²) in [6, 6.07) is 25.2. The summed E-state index contributed by atoms with van der Waals surface area (Å²) in [7, 11) is 0. The van der Waals surface area contributed by atoms with Crippen molar-refractivity contribution in [1.29, 1.82) is 0 Å². The van der Waals surface area contributed by atoms with E-state index in [1.807, 2.05) is 18.2 Å². The van der Waals surface area contributed by atoms with Gasteiger partial charge in [0.1, 0.15) is 0 Å². The van der Waals surface area contributed by atoms with Crippen molar-refractivity contribution in [3.63, 3.8) is 0 Å². The summed E-state index contributed by atoms with van der Waals surface area (Å²) >= 11 is 0. The number of hydrogen-bond donors (Lipinski definition) is 3. The van der Waals surface area contributed by atoms with Crippen molar-refractivity contribution in [2.75, 3.05) is 6.54 Å². The fourth-order valence-corrected chi connectivity index (χ4v) is 4.69. The lowest BCUT2D eigenvalue weighted by Crippen LogP contribution is -2.47. The molecule has 1 heterocycles. The molecular formula is C28H36N4O2. The van der Waals surface area contributed by atoms with E-state index in [0.717, 1.165) is 32.1 Å². The van der Waals surface area contributed by atoms with Crippen molar-refractivity contribution in [3.8, 4) is 0 Å². The molecule has 4 atom stereocenters. The Bertz CT molecular complexity index is 1070. The molecule has 3 aromatic carbocycles. The molecule has 6 N–H and O–H groups in total. The van der Waals surface area contributed by atoms with Gasteiger partial charge in [0.2, 0.25) is 0 Å². The predicted octanol–water partition coefficient (Wildman–Crippen LogP) is 3.90. The molecule has 1 saturated heterocycles. The minimum atomic E-state index is -0.0883. The molecule has 0 saturated carbocycles. The zero-order valence-corrected chi connectivity index (χ0v) is 19.7. The molecule has 180 valence electrons. The van der Waals surface area contributed by atoms with Crippen LogP contribution >= 0.6 is 0 Å². The predicted molar refractivity (Wildman–Crippen MR) is 138 cm³/mol. The molecule has 1 aliphatic heterocycles. The third-order valence-corrected chi connectivity index (χ3v) is 6.46. The molecule has 3 aromatic rings. The maximum Gasteiger partial charge on any atom is 0.185 e. The fourth-order valence-electron chi connectivity index (χ4n) is 4.69. The van der Waals surface area contributed by atoms with Crippen LogP contribution in [0.15, 0.2) is 77.8 Å². The first-order valence-electron chi connectivity index (χ1n) is 12.2. The highest BCUT2D eigenvalue weighted by Crippen LogP contribution is 2.28. The summed E-state index contributed by atoms with van der Waals surface area (Å²) < 4.78 is 12.9. The highest BCUT2D eigenvalue weighted by molar-refractivity contribution is 5.82. The molecule has 6 nitrogen and oxygen atoms in total. The lowest BCUT2D eigenvalue weighted by Gasteiger charge is -2.38. The summed E-state index contributed by atoms with van der Waals surface area (Å²) in [5.41, 5.74) is 20.0. The number of ether oxygens (including phenoxy) is 2. The summed E-state index contributed by atoms with van der Waals surface area (Å²) in [6.45, 7) is 1.18. The summed E-state index contributed by atoms with van der Waals surface area (Å²) in [6.07, 6.45) is 4.29. The first-order valence-corrected chi connectivity index (χ1v) is 12.2. The lowest BCUT2D eigenvalue weighted by atomic mass is 9.91. The second-order valence-electron chi connectivity index (χ2n) is 9.18. The SMILES string of the molecule is NC(N)=NCCC[C@H]1CC(OCc2ccc3ccccc3c2)C[C@H]([C@H](N)Cc2ccccc2)O1. The number of guanidine groups is 1. The van der Waals surface area contributed by atoms with E-state index in [0.29, 0.717) is 13.2 Å². The normalized spacial score (nSPS) is 21.3. The summed E-state index contributed by atoms with van der Waals surface area (Å²) in [5, 5.41) is 2.47. The Kier molecular flexibility index (Phi) is 8.52. The molecule has 1 aliphatic rings. The maximum atomic E-state index is 6.63. The number of benzene rings is 3. The van der Waals surface area contributed by atoms with Gasteiger partial charge in [-0.05, 0) is 53.6 Å².